The zero-order valence-electron chi connectivity index (χ0n) is 15.5. The third-order valence-electron chi connectivity index (χ3n) is 4.31. The Hall–Kier alpha value is -2.38. The standard InChI is InChI=1S/C21H19BrN4OS/c1-14(2)17-5-3-4-6-18(17)26-12-11-23-21(26)28-13-19-24-25-20(27-19)15-7-9-16(22)10-8-15/h3-12,14H,13H2,1-2H3. The Morgan fingerprint density at radius 1 is 1.07 bits per heavy atom. The van der Waals surface area contributed by atoms with Crippen LogP contribution in [0.1, 0.15) is 31.2 Å². The van der Waals surface area contributed by atoms with Gasteiger partial charge in [0.25, 0.3) is 0 Å². The molecule has 0 bridgehead atoms. The second-order valence-electron chi connectivity index (χ2n) is 6.59. The molecule has 4 rings (SSSR count). The lowest BCUT2D eigenvalue weighted by atomic mass is 10.0. The fourth-order valence-corrected chi connectivity index (χ4v) is 3.99. The molecule has 0 amide bonds. The van der Waals surface area contributed by atoms with Gasteiger partial charge in [0.2, 0.25) is 11.8 Å². The van der Waals surface area contributed by atoms with Gasteiger partial charge in [0.1, 0.15) is 0 Å². The molecule has 0 spiro atoms. The van der Waals surface area contributed by atoms with E-state index < -0.39 is 0 Å². The van der Waals surface area contributed by atoms with Gasteiger partial charge in [0.15, 0.2) is 5.16 Å². The van der Waals surface area contributed by atoms with E-state index >= 15 is 0 Å². The summed E-state index contributed by atoms with van der Waals surface area (Å²) in [6.07, 6.45) is 3.81. The molecule has 0 radical (unpaired) electrons. The number of halogens is 1. The smallest absolute Gasteiger partial charge is 0.247 e. The molecule has 2 aromatic carbocycles. The van der Waals surface area contributed by atoms with E-state index in [0.29, 0.717) is 23.5 Å². The van der Waals surface area contributed by atoms with Gasteiger partial charge in [-0.1, -0.05) is 59.7 Å². The number of aromatic nitrogens is 4. The van der Waals surface area contributed by atoms with E-state index in [1.165, 1.54) is 5.56 Å². The van der Waals surface area contributed by atoms with Crippen molar-refractivity contribution in [3.63, 3.8) is 0 Å². The molecule has 28 heavy (non-hydrogen) atoms. The highest BCUT2D eigenvalue weighted by molar-refractivity contribution is 9.10. The van der Waals surface area contributed by atoms with Crippen LogP contribution in [-0.4, -0.2) is 19.7 Å². The Morgan fingerprint density at radius 2 is 1.86 bits per heavy atom. The minimum Gasteiger partial charge on any atom is -0.420 e. The largest absolute Gasteiger partial charge is 0.420 e. The SMILES string of the molecule is CC(C)c1ccccc1-n1ccnc1SCc1nnc(-c2ccc(Br)cc2)o1. The lowest BCUT2D eigenvalue weighted by Gasteiger charge is -2.14. The topological polar surface area (TPSA) is 56.7 Å². The van der Waals surface area contributed by atoms with Gasteiger partial charge in [0, 0.05) is 22.4 Å². The fourth-order valence-electron chi connectivity index (χ4n) is 2.92. The Kier molecular flexibility index (Phi) is 5.64. The van der Waals surface area contributed by atoms with Crippen LogP contribution in [0.25, 0.3) is 17.1 Å². The Labute approximate surface area is 176 Å². The van der Waals surface area contributed by atoms with E-state index in [-0.39, 0.29) is 0 Å². The molecule has 5 nitrogen and oxygen atoms in total. The maximum Gasteiger partial charge on any atom is 0.247 e. The number of hydrogen-bond acceptors (Lipinski definition) is 5. The highest BCUT2D eigenvalue weighted by Crippen LogP contribution is 2.29. The summed E-state index contributed by atoms with van der Waals surface area (Å²) in [6, 6.07) is 16.2. The molecule has 0 aliphatic heterocycles. The summed E-state index contributed by atoms with van der Waals surface area (Å²) in [6.45, 7) is 4.40. The number of hydrogen-bond donors (Lipinski definition) is 0. The summed E-state index contributed by atoms with van der Waals surface area (Å²) in [7, 11) is 0. The molecule has 4 aromatic rings. The third-order valence-corrected chi connectivity index (χ3v) is 5.79. The van der Waals surface area contributed by atoms with Crippen LogP contribution in [0.4, 0.5) is 0 Å². The molecule has 7 heteroatoms. The normalized spacial score (nSPS) is 11.3. The third kappa shape index (κ3) is 4.05. The minimum absolute atomic E-state index is 0.431. The lowest BCUT2D eigenvalue weighted by molar-refractivity contribution is 0.528. The molecule has 0 aliphatic carbocycles. The van der Waals surface area contributed by atoms with Gasteiger partial charge in [-0.05, 0) is 41.8 Å². The number of rotatable bonds is 6. The summed E-state index contributed by atoms with van der Waals surface area (Å²) < 4.78 is 8.95. The first-order chi connectivity index (χ1) is 13.6. The van der Waals surface area contributed by atoms with Crippen molar-refractivity contribution >= 4 is 27.7 Å². The predicted molar refractivity (Wildman–Crippen MR) is 115 cm³/mol. The maximum absolute atomic E-state index is 5.82. The number of benzene rings is 2. The molecule has 0 saturated heterocycles. The van der Waals surface area contributed by atoms with E-state index in [2.05, 4.69) is 73.8 Å². The number of thioether (sulfide) groups is 1. The quantitative estimate of drug-likeness (QED) is 0.329. The first kappa shape index (κ1) is 19.0. The number of para-hydroxylation sites is 1. The van der Waals surface area contributed by atoms with Crippen molar-refractivity contribution in [2.24, 2.45) is 0 Å². The summed E-state index contributed by atoms with van der Waals surface area (Å²) in [4.78, 5) is 4.51. The molecular formula is C21H19BrN4OS. The van der Waals surface area contributed by atoms with Crippen LogP contribution in [0.3, 0.4) is 0 Å². The molecule has 0 unspecified atom stereocenters. The van der Waals surface area contributed by atoms with Crippen LogP contribution in [0.15, 0.2) is 75.0 Å². The molecule has 0 saturated carbocycles. The van der Waals surface area contributed by atoms with Crippen LogP contribution >= 0.6 is 27.7 Å². The molecule has 0 aliphatic rings. The van der Waals surface area contributed by atoms with Gasteiger partial charge in [-0.3, -0.25) is 4.57 Å². The van der Waals surface area contributed by atoms with Crippen molar-refractivity contribution in [3.8, 4) is 17.1 Å². The van der Waals surface area contributed by atoms with Crippen LogP contribution in [0, 0.1) is 0 Å². The summed E-state index contributed by atoms with van der Waals surface area (Å²) in [5.74, 6) is 2.09. The van der Waals surface area contributed by atoms with Crippen LogP contribution in [0.2, 0.25) is 0 Å². The van der Waals surface area contributed by atoms with E-state index in [9.17, 15) is 0 Å². The van der Waals surface area contributed by atoms with Gasteiger partial charge >= 0.3 is 0 Å². The molecule has 0 N–H and O–H groups in total. The molecular weight excluding hydrogens is 436 g/mol. The van der Waals surface area contributed by atoms with Crippen molar-refractivity contribution in [1.82, 2.24) is 19.7 Å². The molecule has 2 heterocycles. The first-order valence-electron chi connectivity index (χ1n) is 8.95. The predicted octanol–water partition coefficient (Wildman–Crippen LogP) is 6.10. The zero-order chi connectivity index (χ0) is 19.5. The van der Waals surface area contributed by atoms with Crippen LogP contribution in [-0.2, 0) is 5.75 Å². The molecule has 2 aromatic heterocycles. The van der Waals surface area contributed by atoms with Gasteiger partial charge in [-0.15, -0.1) is 10.2 Å². The average molecular weight is 455 g/mol. The number of imidazole rings is 1. The monoisotopic (exact) mass is 454 g/mol. The van der Waals surface area contributed by atoms with Gasteiger partial charge < -0.3 is 4.42 Å². The van der Waals surface area contributed by atoms with E-state index in [1.807, 2.05) is 36.7 Å². The zero-order valence-corrected chi connectivity index (χ0v) is 17.9. The molecule has 0 fully saturated rings. The minimum atomic E-state index is 0.431. The highest BCUT2D eigenvalue weighted by Gasteiger charge is 2.14. The highest BCUT2D eigenvalue weighted by atomic mass is 79.9. The molecule has 0 atom stereocenters. The fraction of sp³-hybridized carbons (Fsp3) is 0.190. The Morgan fingerprint density at radius 3 is 2.64 bits per heavy atom. The second kappa shape index (κ2) is 8.32. The summed E-state index contributed by atoms with van der Waals surface area (Å²) >= 11 is 5.01. The van der Waals surface area contributed by atoms with E-state index in [1.54, 1.807) is 11.8 Å². The molecule has 142 valence electrons. The van der Waals surface area contributed by atoms with Crippen molar-refractivity contribution in [2.75, 3.05) is 0 Å². The Balaban J connectivity index is 1.52. The van der Waals surface area contributed by atoms with Gasteiger partial charge in [-0.2, -0.15) is 0 Å². The average Bonchev–Trinajstić information content (AvgIpc) is 3.36. The summed E-state index contributed by atoms with van der Waals surface area (Å²) in [5.41, 5.74) is 3.34. The van der Waals surface area contributed by atoms with Gasteiger partial charge in [0.05, 0.1) is 11.4 Å². The van der Waals surface area contributed by atoms with E-state index in [4.69, 9.17) is 4.42 Å². The van der Waals surface area contributed by atoms with Crippen LogP contribution in [0.5, 0.6) is 0 Å². The first-order valence-corrected chi connectivity index (χ1v) is 10.7. The van der Waals surface area contributed by atoms with Crippen molar-refractivity contribution in [3.05, 3.63) is 76.9 Å². The Bertz CT molecular complexity index is 1070. The van der Waals surface area contributed by atoms with Crippen molar-refractivity contribution in [1.29, 1.82) is 0 Å². The van der Waals surface area contributed by atoms with Gasteiger partial charge in [-0.25, -0.2) is 4.98 Å². The lowest BCUT2D eigenvalue weighted by Crippen LogP contribution is -2.01. The maximum atomic E-state index is 5.82. The van der Waals surface area contributed by atoms with Crippen molar-refractivity contribution in [2.45, 2.75) is 30.7 Å². The van der Waals surface area contributed by atoms with E-state index in [0.717, 1.165) is 20.9 Å². The van der Waals surface area contributed by atoms with Crippen LogP contribution < -0.4 is 0 Å². The summed E-state index contributed by atoms with van der Waals surface area (Å²) in [5, 5.41) is 9.24. The second-order valence-corrected chi connectivity index (χ2v) is 8.45. The number of nitrogens with zero attached hydrogens (tertiary/aromatic N) is 4. The van der Waals surface area contributed by atoms with Crippen molar-refractivity contribution < 1.29 is 4.42 Å².